The molecule has 0 nitrogen and oxygen atoms in total. The molecule has 6 aromatic rings. The van der Waals surface area contributed by atoms with Crippen molar-refractivity contribution in [3.63, 3.8) is 0 Å². The van der Waals surface area contributed by atoms with E-state index in [-0.39, 0.29) is 46.1 Å². The number of hydrogen-bond donors (Lipinski definition) is 0. The summed E-state index contributed by atoms with van der Waals surface area (Å²) in [7, 11) is 0. The number of rotatable bonds is 4. The molecule has 1 aliphatic carbocycles. The zero-order chi connectivity index (χ0) is 24.3. The molecular weight excluding hydrogens is 635 g/mol. The summed E-state index contributed by atoms with van der Waals surface area (Å²) in [5, 5.41) is 5.46. The third-order valence-corrected chi connectivity index (χ3v) is 8.47. The Hall–Kier alpha value is -3.03. The Morgan fingerprint density at radius 1 is 0.564 bits per heavy atom. The first-order valence-corrected chi connectivity index (χ1v) is 13.1. The van der Waals surface area contributed by atoms with Gasteiger partial charge in [0.05, 0.1) is 0 Å². The number of aryl methyl sites for hydroxylation is 2. The second-order valence-electron chi connectivity index (χ2n) is 10.8. The predicted molar refractivity (Wildman–Crippen MR) is 167 cm³/mol. The first kappa shape index (κ1) is 29.0. The van der Waals surface area contributed by atoms with E-state index in [1.807, 2.05) is 0 Å². The second kappa shape index (κ2) is 11.2. The van der Waals surface area contributed by atoms with Gasteiger partial charge in [-0.3, -0.25) is 0 Å². The maximum absolute atomic E-state index is 2.49. The van der Waals surface area contributed by atoms with Crippen LogP contribution in [0, 0.1) is 28.7 Å². The minimum absolute atomic E-state index is 0. The Morgan fingerprint density at radius 3 is 1.38 bits per heavy atom. The van der Waals surface area contributed by atoms with Gasteiger partial charge in [0.15, 0.2) is 0 Å². The van der Waals surface area contributed by atoms with Gasteiger partial charge in [-0.15, -0.1) is 69.1 Å². The number of benzene rings is 4. The van der Waals surface area contributed by atoms with Crippen LogP contribution in [-0.4, -0.2) is 0 Å². The molecule has 0 aromatic heterocycles. The molecular formula is C38H36Hf. The monoisotopic (exact) mass is 672 g/mol. The van der Waals surface area contributed by atoms with E-state index >= 15 is 0 Å². The molecule has 0 unspecified atom stereocenters. The molecule has 1 fully saturated rings. The van der Waals surface area contributed by atoms with Gasteiger partial charge in [0.25, 0.3) is 0 Å². The van der Waals surface area contributed by atoms with Gasteiger partial charge < -0.3 is 14.9 Å². The Balaban J connectivity index is 0.00000118. The molecule has 1 aliphatic rings. The minimum atomic E-state index is 0. The topological polar surface area (TPSA) is 0 Å². The van der Waals surface area contributed by atoms with Crippen molar-refractivity contribution < 1.29 is 25.8 Å². The first-order valence-electron chi connectivity index (χ1n) is 13.1. The zero-order valence-electron chi connectivity index (χ0n) is 23.5. The van der Waals surface area contributed by atoms with Crippen LogP contribution < -0.4 is 0 Å². The van der Waals surface area contributed by atoms with Gasteiger partial charge in [0.2, 0.25) is 0 Å². The van der Waals surface area contributed by atoms with Crippen LogP contribution in [0.1, 0.15) is 41.5 Å². The molecule has 0 spiro atoms. The van der Waals surface area contributed by atoms with Gasteiger partial charge in [-0.1, -0.05) is 89.3 Å². The van der Waals surface area contributed by atoms with Gasteiger partial charge in [0.1, 0.15) is 0 Å². The van der Waals surface area contributed by atoms with Gasteiger partial charge in [-0.2, -0.15) is 12.1 Å². The van der Waals surface area contributed by atoms with Crippen LogP contribution in [0.3, 0.4) is 0 Å². The Kier molecular flexibility index (Phi) is 8.33. The molecule has 0 aliphatic heterocycles. The molecule has 39 heavy (non-hydrogen) atoms. The van der Waals surface area contributed by atoms with Crippen LogP contribution in [-0.2, 0) is 31.3 Å². The van der Waals surface area contributed by atoms with Crippen LogP contribution >= 0.6 is 0 Å². The van der Waals surface area contributed by atoms with Crippen molar-refractivity contribution in [1.29, 1.82) is 0 Å². The van der Waals surface area contributed by atoms with Crippen LogP contribution in [0.5, 0.6) is 0 Å². The molecule has 6 aromatic carbocycles. The maximum atomic E-state index is 2.49. The van der Waals surface area contributed by atoms with Crippen LogP contribution in [0.25, 0.3) is 43.8 Å². The summed E-state index contributed by atoms with van der Waals surface area (Å²) in [5.41, 5.74) is 11.0. The van der Waals surface area contributed by atoms with Crippen LogP contribution in [0.15, 0.2) is 109 Å². The van der Waals surface area contributed by atoms with Crippen molar-refractivity contribution in [2.24, 2.45) is 0 Å². The summed E-state index contributed by atoms with van der Waals surface area (Å²) in [4.78, 5) is 0. The van der Waals surface area contributed by atoms with Gasteiger partial charge in [-0.25, -0.2) is 0 Å². The Bertz CT molecular complexity index is 1610. The minimum Gasteiger partial charge on any atom is -0.358 e. The molecule has 0 atom stereocenters. The predicted octanol–water partition coefficient (Wildman–Crippen LogP) is 10.7. The fourth-order valence-electron chi connectivity index (χ4n) is 6.43. The van der Waals surface area contributed by atoms with Gasteiger partial charge in [0, 0.05) is 0 Å². The quantitative estimate of drug-likeness (QED) is 0.129. The largest absolute Gasteiger partial charge is 4.00 e. The molecule has 0 radical (unpaired) electrons. The van der Waals surface area contributed by atoms with E-state index in [4.69, 9.17) is 0 Å². The van der Waals surface area contributed by atoms with Crippen molar-refractivity contribution in [2.45, 2.75) is 38.5 Å². The van der Waals surface area contributed by atoms with Crippen molar-refractivity contribution in [2.75, 3.05) is 0 Å². The van der Waals surface area contributed by atoms with E-state index < -0.39 is 0 Å². The first-order chi connectivity index (χ1) is 17.6. The molecule has 1 heteroatoms. The summed E-state index contributed by atoms with van der Waals surface area (Å²) in [6, 6.07) is 41.2. The maximum Gasteiger partial charge on any atom is 4.00 e. The van der Waals surface area contributed by atoms with E-state index in [0.717, 1.165) is 0 Å². The van der Waals surface area contributed by atoms with Crippen molar-refractivity contribution in [3.05, 3.63) is 146 Å². The summed E-state index contributed by atoms with van der Waals surface area (Å²) in [5.74, 6) is 0. The standard InChI is InChI=1S/C36H30.2CH3.Hf/c1-24-8-3-10-26(18-24)32-14-5-12-28-20-30(22-34(28)32)36(16-7-17-36)31-21-29-13-6-15-33(35(29)23-31)27-11-4-9-25(2)19-27;;;/h3-6,8-15,18-23H,7,16-17H2,1-2H3;2*1H3;/q-2;2*-1;+4. The fraction of sp³-hybridized carbons (Fsp3) is 0.158. The molecule has 0 saturated heterocycles. The third-order valence-electron chi connectivity index (χ3n) is 8.47. The second-order valence-corrected chi connectivity index (χ2v) is 10.8. The van der Waals surface area contributed by atoms with E-state index in [0.29, 0.717) is 0 Å². The van der Waals surface area contributed by atoms with Crippen LogP contribution in [0.4, 0.5) is 0 Å². The number of hydrogen-bond acceptors (Lipinski definition) is 0. The SMILES string of the molecule is Cc1cccc(-c2cccc3[cH-]c(C4(c5cc6c(-c7cccc(C)c7)cccc6[cH-]5)CCC4)cc23)c1.[CH3-].[CH3-].[Hf+4]. The summed E-state index contributed by atoms with van der Waals surface area (Å²) in [6.07, 6.45) is 3.73. The van der Waals surface area contributed by atoms with Gasteiger partial charge in [-0.05, 0) is 43.2 Å². The fourth-order valence-corrected chi connectivity index (χ4v) is 6.43. The van der Waals surface area contributed by atoms with Crippen molar-refractivity contribution in [3.8, 4) is 22.3 Å². The van der Waals surface area contributed by atoms with Crippen LogP contribution in [0.2, 0.25) is 0 Å². The molecule has 192 valence electrons. The zero-order valence-corrected chi connectivity index (χ0v) is 27.1. The normalized spacial score (nSPS) is 13.7. The average molecular weight is 671 g/mol. The van der Waals surface area contributed by atoms with E-state index in [1.54, 1.807) is 0 Å². The molecule has 1 saturated carbocycles. The Labute approximate surface area is 253 Å². The van der Waals surface area contributed by atoms with Crippen molar-refractivity contribution >= 4 is 21.5 Å². The summed E-state index contributed by atoms with van der Waals surface area (Å²) >= 11 is 0. The molecule has 0 N–H and O–H groups in total. The average Bonchev–Trinajstić information content (AvgIpc) is 3.48. The van der Waals surface area contributed by atoms with Crippen molar-refractivity contribution in [1.82, 2.24) is 0 Å². The van der Waals surface area contributed by atoms with E-state index in [1.165, 1.54) is 85.3 Å². The molecule has 7 rings (SSSR count). The smallest absolute Gasteiger partial charge is 0.358 e. The molecule has 0 heterocycles. The molecule has 0 amide bonds. The van der Waals surface area contributed by atoms with E-state index in [9.17, 15) is 0 Å². The Morgan fingerprint density at radius 2 is 1.00 bits per heavy atom. The summed E-state index contributed by atoms with van der Waals surface area (Å²) in [6.45, 7) is 4.35. The van der Waals surface area contributed by atoms with E-state index in [2.05, 4.69) is 123 Å². The number of fused-ring (bicyclic) bond motifs is 2. The summed E-state index contributed by atoms with van der Waals surface area (Å²) < 4.78 is 0. The third kappa shape index (κ3) is 4.80. The van der Waals surface area contributed by atoms with Gasteiger partial charge >= 0.3 is 25.8 Å². The molecule has 0 bridgehead atoms.